The van der Waals surface area contributed by atoms with Crippen LogP contribution in [0.4, 0.5) is 0 Å². The van der Waals surface area contributed by atoms with Crippen molar-refractivity contribution in [1.29, 1.82) is 0 Å². The van der Waals surface area contributed by atoms with Gasteiger partial charge in [0.25, 0.3) is 0 Å². The van der Waals surface area contributed by atoms with Crippen LogP contribution in [0.2, 0.25) is 0 Å². The van der Waals surface area contributed by atoms with Gasteiger partial charge < -0.3 is 15.3 Å². The van der Waals surface area contributed by atoms with Crippen LogP contribution in [0.3, 0.4) is 0 Å². The van der Waals surface area contributed by atoms with Crippen LogP contribution in [-0.2, 0) is 14.6 Å². The average molecular weight is 318 g/mol. The lowest BCUT2D eigenvalue weighted by molar-refractivity contribution is -0.134. The molecule has 0 saturated carbocycles. The molecule has 0 spiro atoms. The first-order chi connectivity index (χ1) is 10.0. The van der Waals surface area contributed by atoms with Crippen LogP contribution in [0, 0.1) is 5.92 Å². The molecule has 2 rings (SSSR count). The van der Waals surface area contributed by atoms with Crippen LogP contribution in [0.25, 0.3) is 0 Å². The van der Waals surface area contributed by atoms with Crippen molar-refractivity contribution in [3.63, 3.8) is 0 Å². The molecule has 0 radical (unpaired) electrons. The second-order valence-corrected chi connectivity index (χ2v) is 8.35. The molecule has 0 aromatic rings. The Bertz CT molecular complexity index is 446. The lowest BCUT2D eigenvalue weighted by Gasteiger charge is -2.29. The highest BCUT2D eigenvalue weighted by Crippen LogP contribution is 2.21. The number of carbonyl (C=O) groups is 1. The van der Waals surface area contributed by atoms with Gasteiger partial charge in [0.15, 0.2) is 9.84 Å². The van der Waals surface area contributed by atoms with Crippen molar-refractivity contribution in [3.8, 4) is 0 Å². The molecule has 2 N–H and O–H groups in total. The highest BCUT2D eigenvalue weighted by Gasteiger charge is 2.34. The first kappa shape index (κ1) is 16.7. The number of nitrogens with zero attached hydrogens (tertiary/aromatic N) is 1. The van der Waals surface area contributed by atoms with E-state index in [1.165, 1.54) is 0 Å². The minimum Gasteiger partial charge on any atom is -0.395 e. The second-order valence-electron chi connectivity index (χ2n) is 6.12. The molecule has 7 heteroatoms. The lowest BCUT2D eigenvalue weighted by atomic mass is 9.94. The maximum Gasteiger partial charge on any atom is 0.222 e. The Morgan fingerprint density at radius 3 is 2.71 bits per heavy atom. The van der Waals surface area contributed by atoms with Gasteiger partial charge in [-0.15, -0.1) is 0 Å². The van der Waals surface area contributed by atoms with Gasteiger partial charge in [-0.1, -0.05) is 0 Å². The number of sulfone groups is 1. The van der Waals surface area contributed by atoms with Crippen LogP contribution < -0.4 is 5.32 Å². The fraction of sp³-hybridized carbons (Fsp3) is 0.929. The standard InChI is InChI=1S/C14H26N2O4S/c17-8-7-16(13-5-9-21(19,20)11-13)14(18)4-3-12-2-1-6-15-10-12/h12-13,15,17H,1-11H2. The van der Waals surface area contributed by atoms with E-state index in [-0.39, 0.29) is 36.6 Å². The molecule has 2 heterocycles. The molecule has 6 nitrogen and oxygen atoms in total. The third kappa shape index (κ3) is 4.93. The van der Waals surface area contributed by atoms with Crippen LogP contribution in [-0.4, -0.2) is 68.1 Å². The first-order valence-corrected chi connectivity index (χ1v) is 9.65. The quantitative estimate of drug-likeness (QED) is 0.707. The van der Waals surface area contributed by atoms with E-state index in [0.29, 0.717) is 18.8 Å². The topological polar surface area (TPSA) is 86.7 Å². The zero-order chi connectivity index (χ0) is 15.3. The van der Waals surface area contributed by atoms with Crippen molar-refractivity contribution in [1.82, 2.24) is 10.2 Å². The fourth-order valence-electron chi connectivity index (χ4n) is 3.28. The molecule has 2 saturated heterocycles. The van der Waals surface area contributed by atoms with Crippen molar-refractivity contribution in [2.24, 2.45) is 5.92 Å². The molecular formula is C14H26N2O4S. The molecule has 122 valence electrons. The van der Waals surface area contributed by atoms with Gasteiger partial charge in [-0.3, -0.25) is 4.79 Å². The predicted octanol–water partition coefficient (Wildman–Crippen LogP) is -0.226. The Balaban J connectivity index is 1.86. The smallest absolute Gasteiger partial charge is 0.222 e. The molecule has 0 aromatic carbocycles. The van der Waals surface area contributed by atoms with E-state index in [2.05, 4.69) is 5.32 Å². The van der Waals surface area contributed by atoms with Crippen molar-refractivity contribution in [2.75, 3.05) is 37.7 Å². The number of aliphatic hydroxyl groups excluding tert-OH is 1. The molecule has 0 bridgehead atoms. The molecule has 2 atom stereocenters. The normalized spacial score (nSPS) is 28.4. The van der Waals surface area contributed by atoms with Crippen LogP contribution >= 0.6 is 0 Å². The Hall–Kier alpha value is -0.660. The number of hydrogen-bond acceptors (Lipinski definition) is 5. The number of nitrogens with one attached hydrogen (secondary N) is 1. The summed E-state index contributed by atoms with van der Waals surface area (Å²) in [7, 11) is -3.01. The number of piperidine rings is 1. The van der Waals surface area contributed by atoms with E-state index in [1.807, 2.05) is 0 Å². The van der Waals surface area contributed by atoms with Crippen molar-refractivity contribution in [2.45, 2.75) is 38.1 Å². The van der Waals surface area contributed by atoms with Gasteiger partial charge in [-0.2, -0.15) is 0 Å². The maximum absolute atomic E-state index is 12.4. The molecule has 0 aromatic heterocycles. The van der Waals surface area contributed by atoms with Crippen LogP contribution in [0.1, 0.15) is 32.1 Å². The molecule has 1 amide bonds. The minimum atomic E-state index is -3.01. The zero-order valence-electron chi connectivity index (χ0n) is 12.5. The van der Waals surface area contributed by atoms with E-state index in [1.54, 1.807) is 4.90 Å². The van der Waals surface area contributed by atoms with E-state index in [9.17, 15) is 13.2 Å². The number of rotatable bonds is 6. The Morgan fingerprint density at radius 2 is 2.14 bits per heavy atom. The van der Waals surface area contributed by atoms with Gasteiger partial charge in [-0.05, 0) is 44.7 Å². The summed E-state index contributed by atoms with van der Waals surface area (Å²) in [4.78, 5) is 14.0. The van der Waals surface area contributed by atoms with Crippen molar-refractivity contribution >= 4 is 15.7 Å². The average Bonchev–Trinajstić information content (AvgIpc) is 2.83. The molecule has 2 unspecified atom stereocenters. The first-order valence-electron chi connectivity index (χ1n) is 7.83. The Labute approximate surface area is 126 Å². The summed E-state index contributed by atoms with van der Waals surface area (Å²) in [6, 6.07) is -0.251. The second kappa shape index (κ2) is 7.56. The molecule has 2 fully saturated rings. The highest BCUT2D eigenvalue weighted by atomic mass is 32.2. The summed E-state index contributed by atoms with van der Waals surface area (Å²) >= 11 is 0. The predicted molar refractivity (Wildman–Crippen MR) is 80.7 cm³/mol. The molecule has 2 aliphatic rings. The van der Waals surface area contributed by atoms with Gasteiger partial charge in [-0.25, -0.2) is 8.42 Å². The minimum absolute atomic E-state index is 0.0169. The summed E-state index contributed by atoms with van der Waals surface area (Å²) < 4.78 is 23.1. The van der Waals surface area contributed by atoms with Gasteiger partial charge in [0.2, 0.25) is 5.91 Å². The van der Waals surface area contributed by atoms with Gasteiger partial charge in [0.1, 0.15) is 0 Å². The van der Waals surface area contributed by atoms with Crippen molar-refractivity contribution in [3.05, 3.63) is 0 Å². The monoisotopic (exact) mass is 318 g/mol. The van der Waals surface area contributed by atoms with Gasteiger partial charge in [0, 0.05) is 19.0 Å². The maximum atomic E-state index is 12.4. The number of amides is 1. The Kier molecular flexibility index (Phi) is 6.01. The SMILES string of the molecule is O=C(CCC1CCCNC1)N(CCO)C1CCS(=O)(=O)C1. The Morgan fingerprint density at radius 1 is 1.33 bits per heavy atom. The lowest BCUT2D eigenvalue weighted by Crippen LogP contribution is -2.43. The molecular weight excluding hydrogens is 292 g/mol. The van der Waals surface area contributed by atoms with E-state index >= 15 is 0 Å². The van der Waals surface area contributed by atoms with Gasteiger partial charge >= 0.3 is 0 Å². The summed E-state index contributed by atoms with van der Waals surface area (Å²) in [6.45, 7) is 2.14. The van der Waals surface area contributed by atoms with Crippen molar-refractivity contribution < 1.29 is 18.3 Å². The van der Waals surface area contributed by atoms with Gasteiger partial charge in [0.05, 0.1) is 18.1 Å². The zero-order valence-corrected chi connectivity index (χ0v) is 13.3. The van der Waals surface area contributed by atoms with E-state index in [4.69, 9.17) is 5.11 Å². The molecule has 2 aliphatic heterocycles. The number of hydrogen-bond donors (Lipinski definition) is 2. The number of aliphatic hydroxyl groups is 1. The summed E-state index contributed by atoms with van der Waals surface area (Å²) in [5, 5.41) is 12.5. The van der Waals surface area contributed by atoms with Crippen LogP contribution in [0.15, 0.2) is 0 Å². The molecule has 21 heavy (non-hydrogen) atoms. The highest BCUT2D eigenvalue weighted by molar-refractivity contribution is 7.91. The third-order valence-electron chi connectivity index (χ3n) is 4.48. The summed E-state index contributed by atoms with van der Waals surface area (Å²) in [5.41, 5.74) is 0. The van der Waals surface area contributed by atoms with E-state index < -0.39 is 9.84 Å². The van der Waals surface area contributed by atoms with E-state index in [0.717, 1.165) is 32.4 Å². The third-order valence-corrected chi connectivity index (χ3v) is 6.23. The summed E-state index contributed by atoms with van der Waals surface area (Å²) in [5.74, 6) is 0.714. The fourth-order valence-corrected chi connectivity index (χ4v) is 5.01. The largest absolute Gasteiger partial charge is 0.395 e. The molecule has 0 aliphatic carbocycles. The van der Waals surface area contributed by atoms with Crippen LogP contribution in [0.5, 0.6) is 0 Å². The number of carbonyl (C=O) groups excluding carboxylic acids is 1. The summed E-state index contributed by atoms with van der Waals surface area (Å²) in [6.07, 6.45) is 4.09.